The largest absolute Gasteiger partial charge is 0.463 e. The summed E-state index contributed by atoms with van der Waals surface area (Å²) in [5.74, 6) is -2.34. The number of ether oxygens (including phenoxy) is 5. The van der Waals surface area contributed by atoms with Gasteiger partial charge in [-0.25, -0.2) is 14.4 Å². The fourth-order valence-electron chi connectivity index (χ4n) is 6.65. The third kappa shape index (κ3) is 3.83. The maximum absolute atomic E-state index is 12.9. The van der Waals surface area contributed by atoms with E-state index in [2.05, 4.69) is 19.9 Å². The van der Waals surface area contributed by atoms with Gasteiger partial charge in [-0.1, -0.05) is 37.6 Å². The highest BCUT2D eigenvalue weighted by molar-refractivity contribution is 5.84. The summed E-state index contributed by atoms with van der Waals surface area (Å²) in [5, 5.41) is 10.6. The minimum atomic E-state index is -1.37. The second kappa shape index (κ2) is 9.11. The summed E-state index contributed by atoms with van der Waals surface area (Å²) < 4.78 is 29.6. The Morgan fingerprint density at radius 2 is 1.75 bits per heavy atom. The second-order valence-electron chi connectivity index (χ2n) is 11.0. The number of carbonyl (C=O) groups excluding carboxylic acids is 3. The molecule has 0 aromatic carbocycles. The average molecular weight is 503 g/mol. The van der Waals surface area contributed by atoms with Crippen molar-refractivity contribution in [1.29, 1.82) is 0 Å². The predicted octanol–water partition coefficient (Wildman–Crippen LogP) is 2.17. The van der Waals surface area contributed by atoms with Crippen molar-refractivity contribution in [3.63, 3.8) is 0 Å². The number of aliphatic hydroxyl groups excluding tert-OH is 1. The molecule has 0 aromatic rings. The number of epoxide rings is 1. The Balaban J connectivity index is 1.52. The van der Waals surface area contributed by atoms with Crippen LogP contribution < -0.4 is 0 Å². The lowest BCUT2D eigenvalue weighted by molar-refractivity contribution is -0.234. The molecule has 0 amide bonds. The minimum absolute atomic E-state index is 0.00000344. The molecule has 1 N–H and O–H groups in total. The first-order valence-corrected chi connectivity index (χ1v) is 12.7. The number of hydrogen-bond donors (Lipinski definition) is 1. The van der Waals surface area contributed by atoms with E-state index < -0.39 is 52.5 Å². The molecule has 9 heteroatoms. The maximum atomic E-state index is 12.9. The highest BCUT2D eigenvalue weighted by atomic mass is 16.6. The van der Waals surface area contributed by atoms with Gasteiger partial charge >= 0.3 is 17.9 Å². The van der Waals surface area contributed by atoms with E-state index in [9.17, 15) is 19.5 Å². The molecule has 36 heavy (non-hydrogen) atoms. The van der Waals surface area contributed by atoms with Gasteiger partial charge in [-0.05, 0) is 32.1 Å². The molecular formula is C27H34O9. The van der Waals surface area contributed by atoms with Crippen LogP contribution in [0.4, 0.5) is 0 Å². The zero-order chi connectivity index (χ0) is 25.7. The number of allylic oxidation sites excluding steroid dienone is 3. The summed E-state index contributed by atoms with van der Waals surface area (Å²) in [5.41, 5.74) is -0.820. The smallest absolute Gasteiger partial charge is 0.335 e. The quantitative estimate of drug-likeness (QED) is 0.230. The van der Waals surface area contributed by atoms with Gasteiger partial charge in [0.2, 0.25) is 0 Å². The molecule has 2 bridgehead atoms. The number of cyclic esters (lactones) is 2. The molecule has 0 unspecified atom stereocenters. The molecule has 3 fully saturated rings. The molecule has 9 nitrogen and oxygen atoms in total. The van der Waals surface area contributed by atoms with Crippen LogP contribution in [0.25, 0.3) is 0 Å². The van der Waals surface area contributed by atoms with Crippen molar-refractivity contribution in [3.05, 3.63) is 36.0 Å². The van der Waals surface area contributed by atoms with E-state index in [-0.39, 0.29) is 31.8 Å². The molecule has 2 spiro atoms. The summed E-state index contributed by atoms with van der Waals surface area (Å²) in [7, 11) is 0. The van der Waals surface area contributed by atoms with Gasteiger partial charge in [0, 0.05) is 24.0 Å². The molecular weight excluding hydrogens is 468 g/mol. The van der Waals surface area contributed by atoms with E-state index in [1.807, 2.05) is 0 Å². The SMILES string of the molecule is CC1=C[C@H]2O[C@@H]3C[C@H]4OC(=O)/C=C/C=C/C(=O)OCC[C@@H](C)[C@@H](O)C(=O)OC[C@@]2(CC1)[C@]4(C)[C@]31CO1. The highest BCUT2D eigenvalue weighted by Crippen LogP contribution is 2.72. The molecule has 0 aromatic heterocycles. The average Bonchev–Trinajstić information content (AvgIpc) is 3.62. The number of hydrogen-bond acceptors (Lipinski definition) is 9. The molecule has 196 valence electrons. The van der Waals surface area contributed by atoms with E-state index in [1.54, 1.807) is 6.92 Å². The normalized spacial score (nSPS) is 46.8. The van der Waals surface area contributed by atoms with E-state index in [4.69, 9.17) is 23.7 Å². The Kier molecular flexibility index (Phi) is 6.37. The third-order valence-corrected chi connectivity index (χ3v) is 9.12. The van der Waals surface area contributed by atoms with Crippen LogP contribution in [0, 0.1) is 16.7 Å². The molecule has 2 aliphatic carbocycles. The summed E-state index contributed by atoms with van der Waals surface area (Å²) in [6.45, 7) is 6.34. The molecule has 5 aliphatic rings. The lowest BCUT2D eigenvalue weighted by Crippen LogP contribution is -2.66. The summed E-state index contributed by atoms with van der Waals surface area (Å²) >= 11 is 0. The van der Waals surface area contributed by atoms with Gasteiger partial charge in [-0.2, -0.15) is 0 Å². The van der Waals surface area contributed by atoms with Gasteiger partial charge in [0.25, 0.3) is 0 Å². The number of carbonyl (C=O) groups is 3. The van der Waals surface area contributed by atoms with Gasteiger partial charge in [0.15, 0.2) is 6.10 Å². The molecule has 5 rings (SSSR count). The lowest BCUT2D eigenvalue weighted by atomic mass is 9.51. The number of aliphatic hydroxyl groups is 1. The fourth-order valence-corrected chi connectivity index (χ4v) is 6.65. The van der Waals surface area contributed by atoms with Crippen LogP contribution in [0.3, 0.4) is 0 Å². The summed E-state index contributed by atoms with van der Waals surface area (Å²) in [4.78, 5) is 37.6. The van der Waals surface area contributed by atoms with E-state index in [1.165, 1.54) is 29.9 Å². The van der Waals surface area contributed by atoms with Gasteiger partial charge in [0.1, 0.15) is 18.3 Å². The van der Waals surface area contributed by atoms with Gasteiger partial charge in [0.05, 0.1) is 30.8 Å². The zero-order valence-electron chi connectivity index (χ0n) is 20.9. The van der Waals surface area contributed by atoms with Crippen molar-refractivity contribution < 1.29 is 43.2 Å². The standard InChI is InChI=1S/C27H34O9/c1-16-8-10-26-14-33-24(31)23(30)17(2)9-11-32-21(28)6-4-5-7-22(29)36-18-13-20(35-19(26)12-16)27(15-34-27)25(18,26)3/h4-7,12,17-20,23,30H,8-11,13-15H2,1-3H3/b6-4+,7-5+/t17-,18-,19-,20-,23-,25-,26-,27+/m1/s1. The van der Waals surface area contributed by atoms with Crippen LogP contribution in [0.15, 0.2) is 36.0 Å². The summed E-state index contributed by atoms with van der Waals surface area (Å²) in [6.07, 6.45) is 7.11. The Labute approximate surface area is 210 Å². The zero-order valence-corrected chi connectivity index (χ0v) is 20.9. The van der Waals surface area contributed by atoms with E-state index in [0.717, 1.165) is 6.42 Å². The topological polar surface area (TPSA) is 121 Å². The van der Waals surface area contributed by atoms with Gasteiger partial charge in [-0.3, -0.25) is 0 Å². The van der Waals surface area contributed by atoms with Gasteiger partial charge < -0.3 is 28.8 Å². The van der Waals surface area contributed by atoms with Crippen LogP contribution in [-0.4, -0.2) is 72.9 Å². The van der Waals surface area contributed by atoms with E-state index >= 15 is 0 Å². The first-order valence-electron chi connectivity index (χ1n) is 12.7. The van der Waals surface area contributed by atoms with Crippen LogP contribution >= 0.6 is 0 Å². The second-order valence-corrected chi connectivity index (χ2v) is 11.0. The first kappa shape index (κ1) is 25.2. The van der Waals surface area contributed by atoms with Crippen LogP contribution in [0.1, 0.15) is 46.5 Å². The summed E-state index contributed by atoms with van der Waals surface area (Å²) in [6, 6.07) is 0. The fraction of sp³-hybridized carbons (Fsp3) is 0.667. The number of rotatable bonds is 0. The van der Waals surface area contributed by atoms with E-state index in [0.29, 0.717) is 19.4 Å². The number of esters is 3. The van der Waals surface area contributed by atoms with Gasteiger partial charge in [-0.15, -0.1) is 0 Å². The molecule has 0 radical (unpaired) electrons. The molecule has 8 atom stereocenters. The minimum Gasteiger partial charge on any atom is -0.463 e. The first-order chi connectivity index (χ1) is 17.1. The Bertz CT molecular complexity index is 1020. The monoisotopic (exact) mass is 502 g/mol. The van der Waals surface area contributed by atoms with Crippen LogP contribution in [-0.2, 0) is 38.1 Å². The molecule has 2 saturated heterocycles. The Morgan fingerprint density at radius 3 is 2.47 bits per heavy atom. The van der Waals surface area contributed by atoms with Crippen molar-refractivity contribution >= 4 is 17.9 Å². The molecule has 3 aliphatic heterocycles. The third-order valence-electron chi connectivity index (χ3n) is 9.12. The van der Waals surface area contributed by atoms with Crippen molar-refractivity contribution in [3.8, 4) is 0 Å². The predicted molar refractivity (Wildman–Crippen MR) is 125 cm³/mol. The van der Waals surface area contributed by atoms with Crippen molar-refractivity contribution in [1.82, 2.24) is 0 Å². The lowest BCUT2D eigenvalue weighted by Gasteiger charge is -2.58. The molecule has 1 saturated carbocycles. The van der Waals surface area contributed by atoms with Crippen molar-refractivity contribution in [2.45, 2.75) is 76.5 Å². The highest BCUT2D eigenvalue weighted by Gasteiger charge is 2.83. The maximum Gasteiger partial charge on any atom is 0.335 e. The van der Waals surface area contributed by atoms with Crippen molar-refractivity contribution in [2.75, 3.05) is 19.8 Å². The van der Waals surface area contributed by atoms with Crippen molar-refractivity contribution in [2.24, 2.45) is 16.7 Å². The van der Waals surface area contributed by atoms with Crippen LogP contribution in [0.5, 0.6) is 0 Å². The molecule has 3 heterocycles. The van der Waals surface area contributed by atoms with Crippen LogP contribution in [0.2, 0.25) is 0 Å². The Hall–Kier alpha value is -2.49. The Morgan fingerprint density at radius 1 is 1.03 bits per heavy atom.